The van der Waals surface area contributed by atoms with Crippen LogP contribution in [-0.2, 0) is 32.7 Å². The van der Waals surface area contributed by atoms with E-state index in [2.05, 4.69) is 184 Å². The van der Waals surface area contributed by atoms with Crippen molar-refractivity contribution in [2.24, 2.45) is 0 Å². The molecule has 0 aliphatic carbocycles. The first-order chi connectivity index (χ1) is 39.0. The Kier molecular flexibility index (Phi) is 55.6. The second-order valence-electron chi connectivity index (χ2n) is 21.0. The van der Waals surface area contributed by atoms with Crippen molar-refractivity contribution in [1.82, 2.24) is 0 Å². The lowest BCUT2D eigenvalue weighted by molar-refractivity contribution is -0.870. The molecular weight excluding hydrogens is 1010 g/mol. The molecule has 0 radical (unpaired) electrons. The summed E-state index contributed by atoms with van der Waals surface area (Å²) in [6, 6.07) is 0. The Morgan fingerprint density at radius 2 is 0.675 bits per heavy atom. The van der Waals surface area contributed by atoms with Gasteiger partial charge in [-0.2, -0.15) is 0 Å². The van der Waals surface area contributed by atoms with Crippen molar-refractivity contribution in [1.29, 1.82) is 0 Å². The first-order valence-corrected chi connectivity index (χ1v) is 32.4. The number of phosphoric acid groups is 1. The average molecular weight is 1130 g/mol. The number of likely N-dealkylation sites (N-methyl/N-ethyl adjacent to an activating group) is 1. The van der Waals surface area contributed by atoms with E-state index in [1.54, 1.807) is 0 Å². The van der Waals surface area contributed by atoms with E-state index in [1.807, 2.05) is 21.1 Å². The molecule has 0 aliphatic rings. The maximum atomic E-state index is 12.8. The summed E-state index contributed by atoms with van der Waals surface area (Å²) in [7, 11) is 1.43. The molecule has 0 saturated carbocycles. The minimum absolute atomic E-state index is 0.0171. The lowest BCUT2D eigenvalue weighted by atomic mass is 10.1. The van der Waals surface area contributed by atoms with E-state index in [1.165, 1.54) is 12.8 Å². The van der Waals surface area contributed by atoms with Crippen molar-refractivity contribution >= 4 is 19.8 Å². The van der Waals surface area contributed by atoms with E-state index in [4.69, 9.17) is 18.5 Å². The molecule has 0 rings (SSSR count). The van der Waals surface area contributed by atoms with E-state index < -0.39 is 32.5 Å². The Bertz CT molecular complexity index is 1950. The molecule has 0 heterocycles. The van der Waals surface area contributed by atoms with Crippen LogP contribution in [-0.4, -0.2) is 74.9 Å². The molecular formula is C70H113NO8P+. The number of nitrogens with zero attached hydrogens (tertiary/aromatic N) is 1. The van der Waals surface area contributed by atoms with Gasteiger partial charge in [0.25, 0.3) is 0 Å². The molecule has 0 aromatic carbocycles. The number of rotatable bonds is 54. The Morgan fingerprint density at radius 1 is 0.388 bits per heavy atom. The highest BCUT2D eigenvalue weighted by Crippen LogP contribution is 2.43. The van der Waals surface area contributed by atoms with Crippen molar-refractivity contribution < 1.29 is 42.1 Å². The third-order valence-corrected chi connectivity index (χ3v) is 13.2. The summed E-state index contributed by atoms with van der Waals surface area (Å²) in [5.41, 5.74) is 0. The monoisotopic (exact) mass is 1130 g/mol. The van der Waals surface area contributed by atoms with Gasteiger partial charge in [0.15, 0.2) is 6.10 Å². The van der Waals surface area contributed by atoms with Crippen LogP contribution in [0.2, 0.25) is 0 Å². The van der Waals surface area contributed by atoms with E-state index in [0.717, 1.165) is 154 Å². The van der Waals surface area contributed by atoms with Gasteiger partial charge in [-0.25, -0.2) is 4.57 Å². The molecule has 0 amide bonds. The van der Waals surface area contributed by atoms with Gasteiger partial charge in [-0.3, -0.25) is 18.6 Å². The van der Waals surface area contributed by atoms with Gasteiger partial charge in [-0.1, -0.05) is 235 Å². The Morgan fingerprint density at radius 3 is 1.00 bits per heavy atom. The molecule has 0 fully saturated rings. The second-order valence-corrected chi connectivity index (χ2v) is 22.4. The number of esters is 2. The van der Waals surface area contributed by atoms with E-state index in [9.17, 15) is 19.0 Å². The number of carbonyl (C=O) groups is 2. The normalized spacial score (nSPS) is 14.4. The van der Waals surface area contributed by atoms with Crippen molar-refractivity contribution in [3.8, 4) is 0 Å². The van der Waals surface area contributed by atoms with Gasteiger partial charge >= 0.3 is 19.8 Å². The van der Waals surface area contributed by atoms with Crippen LogP contribution in [0, 0.1) is 0 Å². The predicted octanol–water partition coefficient (Wildman–Crippen LogP) is 19.8. The van der Waals surface area contributed by atoms with Crippen LogP contribution >= 0.6 is 7.82 Å². The quantitative estimate of drug-likeness (QED) is 0.0211. The van der Waals surface area contributed by atoms with Crippen LogP contribution in [0.25, 0.3) is 0 Å². The Balaban J connectivity index is 4.16. The molecule has 2 unspecified atom stereocenters. The molecule has 0 spiro atoms. The smallest absolute Gasteiger partial charge is 0.462 e. The van der Waals surface area contributed by atoms with Gasteiger partial charge in [0, 0.05) is 12.8 Å². The molecule has 80 heavy (non-hydrogen) atoms. The second kappa shape index (κ2) is 59.0. The van der Waals surface area contributed by atoms with Crippen LogP contribution in [0.5, 0.6) is 0 Å². The number of allylic oxidation sites excluding steroid dienone is 28. The van der Waals surface area contributed by atoms with Crippen LogP contribution in [0.3, 0.4) is 0 Å². The van der Waals surface area contributed by atoms with Gasteiger partial charge < -0.3 is 18.9 Å². The number of ether oxygens (including phenoxy) is 2. The summed E-state index contributed by atoms with van der Waals surface area (Å²) < 4.78 is 34.5. The number of carbonyl (C=O) groups excluding carboxylic acids is 2. The molecule has 450 valence electrons. The predicted molar refractivity (Wildman–Crippen MR) is 343 cm³/mol. The summed E-state index contributed by atoms with van der Waals surface area (Å²) in [5, 5.41) is 0. The highest BCUT2D eigenvalue weighted by Gasteiger charge is 2.27. The minimum Gasteiger partial charge on any atom is -0.462 e. The van der Waals surface area contributed by atoms with Crippen molar-refractivity contribution in [2.75, 3.05) is 47.5 Å². The largest absolute Gasteiger partial charge is 0.472 e. The first-order valence-electron chi connectivity index (χ1n) is 30.9. The molecule has 0 saturated heterocycles. The summed E-state index contributed by atoms with van der Waals surface area (Å²) in [6.45, 7) is 4.14. The topological polar surface area (TPSA) is 108 Å². The van der Waals surface area contributed by atoms with Gasteiger partial charge in [-0.05, 0) is 128 Å². The third kappa shape index (κ3) is 62.6. The van der Waals surface area contributed by atoms with Crippen molar-refractivity contribution in [3.63, 3.8) is 0 Å². The molecule has 10 heteroatoms. The SMILES string of the molecule is CC/C=C\C/C=C\C/C=C\C/C=C\C/C=C\C/C=C\C/C=C\C/C=C\C/C=C\C/C=C\C/C=C\CCCCCCCCCC(=O)OC(COC(=O)CCCCCCC/C=C\C/C=C\C/C=C\CC)COP(=O)(O)OCC[N+](C)(C)C. The Labute approximate surface area is 489 Å². The van der Waals surface area contributed by atoms with Crippen molar-refractivity contribution in [2.45, 2.75) is 213 Å². The zero-order valence-electron chi connectivity index (χ0n) is 51.0. The molecule has 0 bridgehead atoms. The minimum atomic E-state index is -4.40. The first kappa shape index (κ1) is 75.4. The van der Waals surface area contributed by atoms with Crippen LogP contribution in [0.15, 0.2) is 170 Å². The van der Waals surface area contributed by atoms with Crippen LogP contribution in [0.1, 0.15) is 206 Å². The number of quaternary nitrogens is 1. The lowest BCUT2D eigenvalue weighted by Gasteiger charge is -2.24. The third-order valence-electron chi connectivity index (χ3n) is 12.2. The van der Waals surface area contributed by atoms with Gasteiger partial charge in [-0.15, -0.1) is 0 Å². The molecule has 2 atom stereocenters. The fourth-order valence-electron chi connectivity index (χ4n) is 7.56. The fourth-order valence-corrected chi connectivity index (χ4v) is 8.30. The molecule has 0 aromatic heterocycles. The zero-order valence-corrected chi connectivity index (χ0v) is 51.9. The Hall–Kier alpha value is -4.63. The molecule has 9 nitrogen and oxygen atoms in total. The molecule has 0 aliphatic heterocycles. The number of hydrogen-bond acceptors (Lipinski definition) is 7. The fraction of sp³-hybridized carbons (Fsp3) is 0.571. The number of phosphoric ester groups is 1. The maximum Gasteiger partial charge on any atom is 0.472 e. The maximum absolute atomic E-state index is 12.8. The average Bonchev–Trinajstić information content (AvgIpc) is 3.42. The number of hydrogen-bond donors (Lipinski definition) is 1. The molecule has 0 aromatic rings. The van der Waals surface area contributed by atoms with Crippen molar-refractivity contribution in [3.05, 3.63) is 170 Å². The van der Waals surface area contributed by atoms with E-state index in [0.29, 0.717) is 23.9 Å². The summed E-state index contributed by atoms with van der Waals surface area (Å²) in [5.74, 6) is -0.844. The summed E-state index contributed by atoms with van der Waals surface area (Å²) in [4.78, 5) is 35.7. The highest BCUT2D eigenvalue weighted by atomic mass is 31.2. The van der Waals surface area contributed by atoms with Crippen LogP contribution in [0.4, 0.5) is 0 Å². The lowest BCUT2D eigenvalue weighted by Crippen LogP contribution is -2.37. The summed E-state index contributed by atoms with van der Waals surface area (Å²) >= 11 is 0. The molecule has 1 N–H and O–H groups in total. The highest BCUT2D eigenvalue weighted by molar-refractivity contribution is 7.47. The summed E-state index contributed by atoms with van der Waals surface area (Å²) in [6.07, 6.45) is 90.1. The van der Waals surface area contributed by atoms with Gasteiger partial charge in [0.2, 0.25) is 0 Å². The van der Waals surface area contributed by atoms with Gasteiger partial charge in [0.05, 0.1) is 27.7 Å². The van der Waals surface area contributed by atoms with Gasteiger partial charge in [0.1, 0.15) is 19.8 Å². The standard InChI is InChI=1S/C70H112NO8P/c1-6-8-10-12-14-16-18-20-22-23-24-25-26-27-28-29-30-31-32-33-34-35-36-37-38-39-40-41-42-43-44-45-46-47-49-51-53-55-57-59-61-63-70(73)79-68(67-78-80(74,75)77-65-64-71(3,4)5)66-76-69(72)62-60-58-56-54-52-50-48-21-19-17-15-13-11-9-7-2/h8-11,14-17,20-22,24-25,27-28,30-31,33-34,36-37,39-40,42-43,45-46,48,68H,6-7,12-13,18-19,23,26,29,32,35,38,41,44,47,49-67H2,1-5H3/p+1/b10-8-,11-9-,16-14-,17-15-,22-20-,25-24-,28-27-,31-30-,34-33-,37-36-,40-39-,43-42-,46-45-,48-21-. The number of unbranched alkanes of at least 4 members (excludes halogenated alkanes) is 12. The van der Waals surface area contributed by atoms with E-state index in [-0.39, 0.29) is 26.1 Å². The zero-order chi connectivity index (χ0) is 58.4. The van der Waals surface area contributed by atoms with E-state index >= 15 is 0 Å². The van der Waals surface area contributed by atoms with Crippen LogP contribution < -0.4 is 0 Å².